The van der Waals surface area contributed by atoms with Gasteiger partial charge in [-0.1, -0.05) is 12.8 Å². The Morgan fingerprint density at radius 1 is 1.10 bits per heavy atom. The number of ether oxygens (including phenoxy) is 1. The molecule has 0 aliphatic carbocycles. The number of esters is 1. The van der Waals surface area contributed by atoms with Crippen LogP contribution in [0.1, 0.15) is 48.7 Å². The first kappa shape index (κ1) is 21.7. The molecule has 1 aromatic heterocycles. The van der Waals surface area contributed by atoms with Gasteiger partial charge in [-0.2, -0.15) is 18.3 Å². The van der Waals surface area contributed by atoms with Crippen molar-refractivity contribution in [2.24, 2.45) is 0 Å². The minimum atomic E-state index is -4.81. The quantitative estimate of drug-likeness (QED) is 0.735. The fraction of sp³-hybridized carbons (Fsp3) is 0.450. The lowest BCUT2D eigenvalue weighted by molar-refractivity contribution is -0.143. The molecule has 0 bridgehead atoms. The minimum absolute atomic E-state index is 0.0489. The molecule has 0 radical (unpaired) electrons. The first-order chi connectivity index (χ1) is 14.3. The largest absolute Gasteiger partial charge is 0.462 e. The summed E-state index contributed by atoms with van der Waals surface area (Å²) in [6.07, 6.45) is 0.132. The second-order valence-corrected chi connectivity index (χ2v) is 6.92. The molecule has 162 valence electrons. The average Bonchev–Trinajstić information content (AvgIpc) is 2.98. The molecule has 2 heterocycles. The number of anilines is 1. The van der Waals surface area contributed by atoms with E-state index in [-0.39, 0.29) is 18.3 Å². The number of carbonyl (C=O) groups excluding carboxylic acids is 2. The molecule has 10 heteroatoms. The van der Waals surface area contributed by atoms with Crippen molar-refractivity contribution in [1.29, 1.82) is 0 Å². The van der Waals surface area contributed by atoms with Gasteiger partial charge in [-0.15, -0.1) is 0 Å². The van der Waals surface area contributed by atoms with Crippen molar-refractivity contribution in [3.63, 3.8) is 0 Å². The average molecular weight is 424 g/mol. The molecule has 30 heavy (non-hydrogen) atoms. The van der Waals surface area contributed by atoms with Crippen LogP contribution in [0, 0.1) is 0 Å². The molecular weight excluding hydrogens is 401 g/mol. The Bertz CT molecular complexity index is 886. The Morgan fingerprint density at radius 3 is 2.30 bits per heavy atom. The fourth-order valence-corrected chi connectivity index (χ4v) is 3.34. The van der Waals surface area contributed by atoms with Crippen LogP contribution in [0.15, 0.2) is 30.5 Å². The van der Waals surface area contributed by atoms with Crippen molar-refractivity contribution in [3.8, 4) is 5.69 Å². The summed E-state index contributed by atoms with van der Waals surface area (Å²) in [7, 11) is 0. The fourth-order valence-electron chi connectivity index (χ4n) is 3.34. The van der Waals surface area contributed by atoms with E-state index in [4.69, 9.17) is 4.74 Å². The third-order valence-electron chi connectivity index (χ3n) is 4.79. The number of benzene rings is 1. The van der Waals surface area contributed by atoms with E-state index in [1.807, 2.05) is 0 Å². The molecule has 1 aromatic carbocycles. The van der Waals surface area contributed by atoms with Crippen LogP contribution >= 0.6 is 0 Å². The van der Waals surface area contributed by atoms with E-state index in [2.05, 4.69) is 10.4 Å². The zero-order valence-electron chi connectivity index (χ0n) is 16.5. The number of alkyl halides is 3. The summed E-state index contributed by atoms with van der Waals surface area (Å²) in [5.41, 5.74) is -1.30. The summed E-state index contributed by atoms with van der Waals surface area (Å²) in [6, 6.07) is 5.56. The Labute approximate surface area is 171 Å². The van der Waals surface area contributed by atoms with Crippen molar-refractivity contribution < 1.29 is 27.5 Å². The number of likely N-dealkylation sites (tertiary alicyclic amines) is 1. The summed E-state index contributed by atoms with van der Waals surface area (Å²) in [6.45, 7) is 2.83. The van der Waals surface area contributed by atoms with Crippen molar-refractivity contribution in [2.45, 2.75) is 38.8 Å². The number of halogens is 3. The maximum absolute atomic E-state index is 13.6. The summed E-state index contributed by atoms with van der Waals surface area (Å²) in [4.78, 5) is 26.0. The van der Waals surface area contributed by atoms with Crippen LogP contribution in [-0.2, 0) is 10.9 Å². The van der Waals surface area contributed by atoms with Crippen LogP contribution in [-0.4, -0.2) is 46.4 Å². The van der Waals surface area contributed by atoms with Crippen molar-refractivity contribution >= 4 is 17.7 Å². The van der Waals surface area contributed by atoms with E-state index < -0.39 is 23.4 Å². The molecule has 2 amide bonds. The van der Waals surface area contributed by atoms with Gasteiger partial charge in [0.1, 0.15) is 5.56 Å². The number of nitrogens with zero attached hydrogens (tertiary/aromatic N) is 3. The van der Waals surface area contributed by atoms with E-state index >= 15 is 0 Å². The van der Waals surface area contributed by atoms with Crippen molar-refractivity contribution in [1.82, 2.24) is 14.7 Å². The second kappa shape index (κ2) is 9.19. The lowest BCUT2D eigenvalue weighted by Gasteiger charge is -2.21. The van der Waals surface area contributed by atoms with Gasteiger partial charge in [-0.05, 0) is 44.0 Å². The summed E-state index contributed by atoms with van der Waals surface area (Å²) in [5.74, 6) is -1.09. The van der Waals surface area contributed by atoms with Crippen LogP contribution in [0.2, 0.25) is 0 Å². The molecule has 0 spiro atoms. The number of amides is 2. The first-order valence-electron chi connectivity index (χ1n) is 9.80. The summed E-state index contributed by atoms with van der Waals surface area (Å²) in [5, 5.41) is 6.49. The van der Waals surface area contributed by atoms with E-state index in [1.54, 1.807) is 4.90 Å². The van der Waals surface area contributed by atoms with Crippen LogP contribution in [0.25, 0.3) is 5.69 Å². The molecular formula is C20H23F3N4O3. The number of aromatic nitrogens is 2. The maximum Gasteiger partial charge on any atom is 0.434 e. The van der Waals surface area contributed by atoms with Gasteiger partial charge in [0.15, 0.2) is 5.69 Å². The molecule has 0 unspecified atom stereocenters. The van der Waals surface area contributed by atoms with E-state index in [1.165, 1.54) is 31.2 Å². The van der Waals surface area contributed by atoms with Gasteiger partial charge in [-0.25, -0.2) is 14.3 Å². The van der Waals surface area contributed by atoms with Gasteiger partial charge in [0.05, 0.1) is 18.5 Å². The molecule has 0 atom stereocenters. The van der Waals surface area contributed by atoms with Gasteiger partial charge < -0.3 is 15.0 Å². The highest BCUT2D eigenvalue weighted by molar-refractivity contribution is 5.91. The molecule has 1 saturated heterocycles. The minimum Gasteiger partial charge on any atom is -0.462 e. The smallest absolute Gasteiger partial charge is 0.434 e. The third-order valence-corrected chi connectivity index (χ3v) is 4.79. The molecule has 1 fully saturated rings. The van der Waals surface area contributed by atoms with E-state index in [9.17, 15) is 22.8 Å². The molecule has 1 N–H and O–H groups in total. The Kier molecular flexibility index (Phi) is 6.63. The number of hydrogen-bond donors (Lipinski definition) is 1. The Hall–Kier alpha value is -3.04. The number of nitrogens with one attached hydrogen (secondary N) is 1. The SMILES string of the molecule is CCOC(=O)c1cnn(-c2ccc(NC(=O)N3CCCCCC3)cc2)c1C(F)(F)F. The van der Waals surface area contributed by atoms with Crippen LogP contribution in [0.5, 0.6) is 0 Å². The third kappa shape index (κ3) is 4.92. The van der Waals surface area contributed by atoms with Crippen LogP contribution < -0.4 is 5.32 Å². The number of hydrogen-bond acceptors (Lipinski definition) is 4. The maximum atomic E-state index is 13.6. The van der Waals surface area contributed by atoms with Crippen LogP contribution in [0.4, 0.5) is 23.7 Å². The monoisotopic (exact) mass is 424 g/mol. The molecule has 1 aliphatic rings. The second-order valence-electron chi connectivity index (χ2n) is 6.92. The summed E-state index contributed by atoms with van der Waals surface area (Å²) >= 11 is 0. The predicted molar refractivity (Wildman–Crippen MR) is 104 cm³/mol. The van der Waals surface area contributed by atoms with Gasteiger partial charge in [0.25, 0.3) is 0 Å². The number of rotatable bonds is 4. The molecule has 3 rings (SSSR count). The highest BCUT2D eigenvalue weighted by atomic mass is 19.4. The van der Waals surface area contributed by atoms with Crippen molar-refractivity contribution in [3.05, 3.63) is 41.7 Å². The van der Waals surface area contributed by atoms with Crippen LogP contribution in [0.3, 0.4) is 0 Å². The molecule has 2 aromatic rings. The summed E-state index contributed by atoms with van der Waals surface area (Å²) < 4.78 is 46.1. The zero-order chi connectivity index (χ0) is 21.7. The van der Waals surface area contributed by atoms with E-state index in [0.29, 0.717) is 23.5 Å². The normalized spacial score (nSPS) is 14.9. The topological polar surface area (TPSA) is 76.5 Å². The van der Waals surface area contributed by atoms with Gasteiger partial charge in [0.2, 0.25) is 0 Å². The standard InChI is InChI=1S/C20H23F3N4O3/c1-2-30-18(28)16-13-24-27(17(16)20(21,22)23)15-9-7-14(8-10-15)25-19(29)26-11-5-3-4-6-12-26/h7-10,13H,2-6,11-12H2,1H3,(H,25,29). The van der Waals surface area contributed by atoms with Crippen molar-refractivity contribution in [2.75, 3.05) is 25.0 Å². The highest BCUT2D eigenvalue weighted by Gasteiger charge is 2.41. The van der Waals surface area contributed by atoms with Gasteiger partial charge in [0, 0.05) is 18.8 Å². The Balaban J connectivity index is 1.80. The zero-order valence-corrected chi connectivity index (χ0v) is 16.5. The first-order valence-corrected chi connectivity index (χ1v) is 9.80. The van der Waals surface area contributed by atoms with E-state index in [0.717, 1.165) is 31.9 Å². The van der Waals surface area contributed by atoms with Gasteiger partial charge >= 0.3 is 18.2 Å². The number of urea groups is 1. The molecule has 1 aliphatic heterocycles. The molecule has 0 saturated carbocycles. The van der Waals surface area contributed by atoms with Gasteiger partial charge in [-0.3, -0.25) is 0 Å². The predicted octanol–water partition coefficient (Wildman–Crippen LogP) is 4.48. The lowest BCUT2D eigenvalue weighted by Crippen LogP contribution is -2.35. The molecule has 7 nitrogen and oxygen atoms in total. The number of carbonyl (C=O) groups is 2. The highest BCUT2D eigenvalue weighted by Crippen LogP contribution is 2.34. The lowest BCUT2D eigenvalue weighted by atomic mass is 10.2. The Morgan fingerprint density at radius 2 is 1.73 bits per heavy atom.